The Balaban J connectivity index is 1.82. The number of ether oxygens (including phenoxy) is 2. The van der Waals surface area contributed by atoms with Crippen LogP contribution in [0.25, 0.3) is 0 Å². The average Bonchev–Trinajstić information content (AvgIpc) is 2.79. The molecule has 1 saturated carbocycles. The van der Waals surface area contributed by atoms with Crippen molar-refractivity contribution in [1.82, 2.24) is 5.32 Å². The van der Waals surface area contributed by atoms with Crippen LogP contribution in [-0.2, 0) is 19.1 Å². The smallest absolute Gasteiger partial charge is 0.303 e. The molecule has 2 bridgehead atoms. The van der Waals surface area contributed by atoms with Crippen molar-refractivity contribution in [2.24, 2.45) is 0 Å². The zero-order valence-electron chi connectivity index (χ0n) is 14.2. The molecule has 1 saturated heterocycles. The van der Waals surface area contributed by atoms with E-state index in [0.717, 1.165) is 0 Å². The lowest BCUT2D eigenvalue weighted by Gasteiger charge is -2.42. The lowest BCUT2D eigenvalue weighted by atomic mass is 9.78. The van der Waals surface area contributed by atoms with Crippen molar-refractivity contribution in [3.05, 3.63) is 35.9 Å². The Bertz CT molecular complexity index is 679. The molecular weight excluding hydrogens is 342 g/mol. The molecule has 0 unspecified atom stereocenters. The number of thioether (sulfide) groups is 1. The van der Waals surface area contributed by atoms with Gasteiger partial charge in [-0.3, -0.25) is 14.4 Å². The van der Waals surface area contributed by atoms with Crippen LogP contribution in [0.4, 0.5) is 0 Å². The summed E-state index contributed by atoms with van der Waals surface area (Å²) >= 11 is 1.58. The molecule has 0 aromatic heterocycles. The summed E-state index contributed by atoms with van der Waals surface area (Å²) < 4.78 is 11.0. The van der Waals surface area contributed by atoms with E-state index in [1.54, 1.807) is 36.0 Å². The molecule has 2 aliphatic rings. The molecule has 1 aliphatic carbocycles. The van der Waals surface area contributed by atoms with Gasteiger partial charge in [0.2, 0.25) is 0 Å². The lowest BCUT2D eigenvalue weighted by molar-refractivity contribution is -0.159. The van der Waals surface area contributed by atoms with E-state index in [2.05, 4.69) is 5.32 Å². The number of nitrogens with one attached hydrogen (secondary N) is 1. The van der Waals surface area contributed by atoms with Crippen molar-refractivity contribution in [3.63, 3.8) is 0 Å². The molecule has 1 heterocycles. The van der Waals surface area contributed by atoms with Crippen LogP contribution in [0.2, 0.25) is 0 Å². The molecule has 25 heavy (non-hydrogen) atoms. The minimum Gasteiger partial charge on any atom is -0.461 e. The molecule has 1 aromatic rings. The standard InChI is InChI=1S/C18H21NO5S/c1-11(20)23-14-8-9-18(10-25-15(14)16(18)24-12(2)21)19-17(22)13-6-4-3-5-7-13/h3-7,14-16H,8-10H2,1-2H3,(H,19,22)/t14-,15-,16-,18-/m1/s1. The number of carbonyl (C=O) groups excluding carboxylic acids is 3. The Morgan fingerprint density at radius 1 is 1.12 bits per heavy atom. The fourth-order valence-corrected chi connectivity index (χ4v) is 5.33. The van der Waals surface area contributed by atoms with Gasteiger partial charge in [-0.2, -0.15) is 0 Å². The van der Waals surface area contributed by atoms with Gasteiger partial charge >= 0.3 is 11.9 Å². The van der Waals surface area contributed by atoms with Crippen LogP contribution in [0.1, 0.15) is 37.0 Å². The Hall–Kier alpha value is -2.02. The Morgan fingerprint density at radius 2 is 1.80 bits per heavy atom. The van der Waals surface area contributed by atoms with Gasteiger partial charge in [0, 0.05) is 25.2 Å². The number of hydrogen-bond donors (Lipinski definition) is 1. The summed E-state index contributed by atoms with van der Waals surface area (Å²) in [6.07, 6.45) is 0.395. The summed E-state index contributed by atoms with van der Waals surface area (Å²) in [6.45, 7) is 2.73. The van der Waals surface area contributed by atoms with Crippen molar-refractivity contribution in [1.29, 1.82) is 0 Å². The normalized spacial score (nSPS) is 30.4. The summed E-state index contributed by atoms with van der Waals surface area (Å²) in [7, 11) is 0. The van der Waals surface area contributed by atoms with E-state index >= 15 is 0 Å². The zero-order valence-corrected chi connectivity index (χ0v) is 15.0. The summed E-state index contributed by atoms with van der Waals surface area (Å²) in [5.74, 6) is -0.324. The minimum atomic E-state index is -0.634. The second-order valence-electron chi connectivity index (χ2n) is 6.47. The monoisotopic (exact) mass is 363 g/mol. The number of amides is 1. The number of rotatable bonds is 4. The summed E-state index contributed by atoms with van der Waals surface area (Å²) in [5, 5.41) is 2.92. The van der Waals surface area contributed by atoms with E-state index < -0.39 is 17.6 Å². The molecule has 7 heteroatoms. The van der Waals surface area contributed by atoms with Crippen molar-refractivity contribution in [2.45, 2.75) is 49.7 Å². The summed E-state index contributed by atoms with van der Waals surface area (Å²) in [4.78, 5) is 35.6. The molecule has 1 amide bonds. The summed E-state index contributed by atoms with van der Waals surface area (Å²) in [5.41, 5.74) is -0.0705. The second-order valence-corrected chi connectivity index (χ2v) is 7.63. The first kappa shape index (κ1) is 17.8. The third-order valence-corrected chi connectivity index (χ3v) is 6.24. The highest BCUT2D eigenvalue weighted by Crippen LogP contribution is 2.47. The fourth-order valence-electron chi connectivity index (χ4n) is 3.57. The first-order valence-corrected chi connectivity index (χ1v) is 9.30. The van der Waals surface area contributed by atoms with Crippen LogP contribution in [0.3, 0.4) is 0 Å². The maximum absolute atomic E-state index is 12.6. The highest BCUT2D eigenvalue weighted by atomic mass is 32.2. The second kappa shape index (κ2) is 7.07. The molecule has 134 valence electrons. The van der Waals surface area contributed by atoms with E-state index in [9.17, 15) is 14.4 Å². The van der Waals surface area contributed by atoms with Crippen LogP contribution in [0.5, 0.6) is 0 Å². The van der Waals surface area contributed by atoms with Crippen LogP contribution in [0, 0.1) is 0 Å². The highest BCUT2D eigenvalue weighted by Gasteiger charge is 2.58. The van der Waals surface area contributed by atoms with Gasteiger partial charge in [-0.05, 0) is 25.0 Å². The third-order valence-electron chi connectivity index (χ3n) is 4.63. The molecule has 1 aliphatic heterocycles. The number of carbonyl (C=O) groups is 3. The van der Waals surface area contributed by atoms with Gasteiger partial charge in [0.05, 0.1) is 10.8 Å². The molecule has 3 rings (SSSR count). The Kier molecular flexibility index (Phi) is 5.03. The topological polar surface area (TPSA) is 81.7 Å². The van der Waals surface area contributed by atoms with Crippen molar-refractivity contribution in [2.75, 3.05) is 5.75 Å². The third kappa shape index (κ3) is 3.66. The first-order chi connectivity index (χ1) is 11.9. The number of benzene rings is 1. The van der Waals surface area contributed by atoms with Crippen LogP contribution < -0.4 is 5.32 Å². The van der Waals surface area contributed by atoms with Gasteiger partial charge in [0.15, 0.2) is 0 Å². The average molecular weight is 363 g/mol. The molecular formula is C18H21NO5S. The summed E-state index contributed by atoms with van der Waals surface area (Å²) in [6, 6.07) is 8.95. The number of esters is 2. The molecule has 6 nitrogen and oxygen atoms in total. The highest BCUT2D eigenvalue weighted by molar-refractivity contribution is 8.00. The molecule has 1 aromatic carbocycles. The van der Waals surface area contributed by atoms with Crippen molar-refractivity contribution in [3.8, 4) is 0 Å². The quantitative estimate of drug-likeness (QED) is 0.823. The van der Waals surface area contributed by atoms with E-state index in [4.69, 9.17) is 9.47 Å². The number of fused-ring (bicyclic) bond motifs is 2. The van der Waals surface area contributed by atoms with Crippen molar-refractivity contribution >= 4 is 29.6 Å². The van der Waals surface area contributed by atoms with Gasteiger partial charge in [-0.1, -0.05) is 18.2 Å². The largest absolute Gasteiger partial charge is 0.461 e. The van der Waals surface area contributed by atoms with Gasteiger partial charge < -0.3 is 14.8 Å². The Labute approximate surface area is 150 Å². The SMILES string of the molecule is CC(=O)O[C@@H]1[C@@H]2SC[C@]1(NC(=O)c1ccccc1)CC[C@H]2OC(C)=O. The maximum Gasteiger partial charge on any atom is 0.303 e. The Morgan fingerprint density at radius 3 is 2.44 bits per heavy atom. The molecule has 0 spiro atoms. The number of hydrogen-bond acceptors (Lipinski definition) is 6. The van der Waals surface area contributed by atoms with E-state index in [1.165, 1.54) is 13.8 Å². The zero-order chi connectivity index (χ0) is 18.0. The van der Waals surface area contributed by atoms with E-state index in [1.807, 2.05) is 6.07 Å². The fraction of sp³-hybridized carbons (Fsp3) is 0.500. The molecule has 4 atom stereocenters. The van der Waals surface area contributed by atoms with Gasteiger partial charge in [0.1, 0.15) is 12.2 Å². The van der Waals surface area contributed by atoms with Gasteiger partial charge in [-0.25, -0.2) is 0 Å². The van der Waals surface area contributed by atoms with Crippen LogP contribution in [0.15, 0.2) is 30.3 Å². The first-order valence-electron chi connectivity index (χ1n) is 8.25. The molecule has 1 N–H and O–H groups in total. The van der Waals surface area contributed by atoms with Gasteiger partial charge in [0.25, 0.3) is 5.91 Å². The minimum absolute atomic E-state index is 0.169. The van der Waals surface area contributed by atoms with Crippen molar-refractivity contribution < 1.29 is 23.9 Å². The van der Waals surface area contributed by atoms with E-state index in [-0.39, 0.29) is 23.2 Å². The maximum atomic E-state index is 12.6. The van der Waals surface area contributed by atoms with Crippen LogP contribution in [-0.4, -0.2) is 46.6 Å². The molecule has 2 fully saturated rings. The van der Waals surface area contributed by atoms with Crippen LogP contribution >= 0.6 is 11.8 Å². The van der Waals surface area contributed by atoms with Gasteiger partial charge in [-0.15, -0.1) is 11.8 Å². The predicted molar refractivity (Wildman–Crippen MR) is 93.2 cm³/mol. The predicted octanol–water partition coefficient (Wildman–Crippen LogP) is 1.93. The molecule has 0 radical (unpaired) electrons. The lowest BCUT2D eigenvalue weighted by Crippen LogP contribution is -2.63. The van der Waals surface area contributed by atoms with E-state index in [0.29, 0.717) is 24.2 Å².